The number of halogens is 1. The molecule has 3 amide bonds. The van der Waals surface area contributed by atoms with Gasteiger partial charge in [0.15, 0.2) is 0 Å². The van der Waals surface area contributed by atoms with E-state index in [1.165, 1.54) is 49.8 Å². The predicted octanol–water partition coefficient (Wildman–Crippen LogP) is 8.45. The molecule has 2 atom stereocenters. The molecule has 2 bridgehead atoms. The standard InChI is InChI=1S/C36H39BrN2O3/c1-2-3-4-5-6-7-8-9-10-22-30(40)38-24-16-15-17-25(23-24)39-34(41)32-31-26-18-11-13-20-28(26)36(37,33(32)35(39)42)29-21-14-12-19-27(29)31/h11-21,23,31-33H,2-10,22H2,1H3,(H,38,40)/t31?,32-,33+,36?/m0/s1. The third-order valence-electron chi connectivity index (χ3n) is 9.41. The highest BCUT2D eigenvalue weighted by molar-refractivity contribution is 9.09. The lowest BCUT2D eigenvalue weighted by atomic mass is 9.55. The lowest BCUT2D eigenvalue weighted by Crippen LogP contribution is -2.50. The van der Waals surface area contributed by atoms with Gasteiger partial charge < -0.3 is 5.32 Å². The smallest absolute Gasteiger partial charge is 0.239 e. The number of imide groups is 1. The van der Waals surface area contributed by atoms with Crippen LogP contribution in [-0.4, -0.2) is 17.7 Å². The van der Waals surface area contributed by atoms with Gasteiger partial charge in [-0.2, -0.15) is 0 Å². The molecule has 5 nitrogen and oxygen atoms in total. The maximum atomic E-state index is 14.2. The van der Waals surface area contributed by atoms with Crippen molar-refractivity contribution in [3.05, 3.63) is 95.1 Å². The molecule has 0 radical (unpaired) electrons. The van der Waals surface area contributed by atoms with Gasteiger partial charge in [-0.15, -0.1) is 0 Å². The van der Waals surface area contributed by atoms with Crippen molar-refractivity contribution in [2.24, 2.45) is 11.8 Å². The second-order valence-electron chi connectivity index (χ2n) is 12.1. The maximum absolute atomic E-state index is 14.2. The van der Waals surface area contributed by atoms with Crippen LogP contribution in [0.2, 0.25) is 0 Å². The fourth-order valence-corrected chi connectivity index (χ4v) is 8.68. The van der Waals surface area contributed by atoms with Crippen LogP contribution in [-0.2, 0) is 18.7 Å². The van der Waals surface area contributed by atoms with Crippen LogP contribution in [0.1, 0.15) is 99.3 Å². The Labute approximate surface area is 257 Å². The summed E-state index contributed by atoms with van der Waals surface area (Å²) in [4.78, 5) is 42.4. The third kappa shape index (κ3) is 4.92. The highest BCUT2D eigenvalue weighted by Gasteiger charge is 2.67. The van der Waals surface area contributed by atoms with Crippen LogP contribution in [0.25, 0.3) is 0 Å². The Hall–Kier alpha value is -3.25. The fraction of sp³-hybridized carbons (Fsp3) is 0.417. The first kappa shape index (κ1) is 28.9. The van der Waals surface area contributed by atoms with Crippen molar-refractivity contribution in [1.29, 1.82) is 0 Å². The van der Waals surface area contributed by atoms with Gasteiger partial charge in [-0.05, 0) is 46.9 Å². The van der Waals surface area contributed by atoms with E-state index in [0.717, 1.165) is 35.1 Å². The minimum atomic E-state index is -0.775. The zero-order valence-electron chi connectivity index (χ0n) is 24.3. The fourth-order valence-electron chi connectivity index (χ4n) is 7.48. The van der Waals surface area contributed by atoms with Gasteiger partial charge in [0.05, 0.1) is 21.8 Å². The molecule has 1 fully saturated rings. The Bertz CT molecular complexity index is 1450. The first-order chi connectivity index (χ1) is 20.5. The summed E-state index contributed by atoms with van der Waals surface area (Å²) < 4.78 is -0.775. The second-order valence-corrected chi connectivity index (χ2v) is 13.3. The van der Waals surface area contributed by atoms with E-state index in [1.54, 1.807) is 18.2 Å². The number of carbonyl (C=O) groups excluding carboxylic acids is 3. The topological polar surface area (TPSA) is 66.5 Å². The largest absolute Gasteiger partial charge is 0.326 e. The molecular formula is C36H39BrN2O3. The Kier molecular flexibility index (Phi) is 8.35. The number of hydrogen-bond donors (Lipinski definition) is 1. The molecule has 1 N–H and O–H groups in total. The Morgan fingerprint density at radius 2 is 1.38 bits per heavy atom. The molecule has 7 rings (SSSR count). The zero-order valence-corrected chi connectivity index (χ0v) is 25.9. The molecule has 1 heterocycles. The normalized spacial score (nSPS) is 23.5. The Balaban J connectivity index is 1.15. The SMILES string of the molecule is CCCCCCCCCCCC(=O)Nc1cccc(N2C(=O)[C@H]3C4c5ccccc5C(Br)(c5ccccc54)[C@H]3C2=O)c1. The van der Waals surface area contributed by atoms with Gasteiger partial charge in [0.25, 0.3) is 0 Å². The number of anilines is 2. The number of hydrogen-bond acceptors (Lipinski definition) is 3. The molecule has 3 aliphatic carbocycles. The van der Waals surface area contributed by atoms with E-state index in [2.05, 4.69) is 52.4 Å². The number of rotatable bonds is 12. The molecule has 4 aliphatic rings. The average Bonchev–Trinajstić information content (AvgIpc) is 3.27. The molecule has 0 spiro atoms. The van der Waals surface area contributed by atoms with Crippen LogP contribution >= 0.6 is 15.9 Å². The first-order valence-electron chi connectivity index (χ1n) is 15.6. The molecule has 0 unspecified atom stereocenters. The zero-order chi connectivity index (χ0) is 29.3. The van der Waals surface area contributed by atoms with Crippen LogP contribution < -0.4 is 10.2 Å². The van der Waals surface area contributed by atoms with Crippen molar-refractivity contribution in [1.82, 2.24) is 0 Å². The number of benzene rings is 3. The van der Waals surface area contributed by atoms with E-state index in [0.29, 0.717) is 17.8 Å². The number of alkyl halides is 1. The Morgan fingerprint density at radius 1 is 0.786 bits per heavy atom. The lowest BCUT2D eigenvalue weighted by Gasteiger charge is -2.51. The van der Waals surface area contributed by atoms with E-state index < -0.39 is 16.2 Å². The van der Waals surface area contributed by atoms with Crippen molar-refractivity contribution < 1.29 is 14.4 Å². The van der Waals surface area contributed by atoms with E-state index in [1.807, 2.05) is 30.3 Å². The van der Waals surface area contributed by atoms with Gasteiger partial charge >= 0.3 is 0 Å². The molecule has 6 heteroatoms. The highest BCUT2D eigenvalue weighted by atomic mass is 79.9. The number of carbonyl (C=O) groups is 3. The first-order valence-corrected chi connectivity index (χ1v) is 16.4. The van der Waals surface area contributed by atoms with Gasteiger partial charge in [0, 0.05) is 18.0 Å². The Morgan fingerprint density at radius 3 is 2.02 bits per heavy atom. The van der Waals surface area contributed by atoms with Crippen molar-refractivity contribution in [2.45, 2.75) is 81.4 Å². The van der Waals surface area contributed by atoms with Crippen molar-refractivity contribution in [3.8, 4) is 0 Å². The molecule has 1 saturated heterocycles. The summed E-state index contributed by atoms with van der Waals surface area (Å²) >= 11 is 4.05. The summed E-state index contributed by atoms with van der Waals surface area (Å²) in [7, 11) is 0. The van der Waals surface area contributed by atoms with Crippen LogP contribution in [0, 0.1) is 11.8 Å². The maximum Gasteiger partial charge on any atom is 0.239 e. The van der Waals surface area contributed by atoms with E-state index >= 15 is 0 Å². The summed E-state index contributed by atoms with van der Waals surface area (Å²) in [6.45, 7) is 2.23. The number of nitrogens with zero attached hydrogens (tertiary/aromatic N) is 1. The van der Waals surface area contributed by atoms with Crippen LogP contribution in [0.3, 0.4) is 0 Å². The lowest BCUT2D eigenvalue weighted by molar-refractivity contribution is -0.122. The van der Waals surface area contributed by atoms with Gasteiger partial charge in [0.1, 0.15) is 0 Å². The van der Waals surface area contributed by atoms with Gasteiger partial charge in [-0.1, -0.05) is 129 Å². The minimum absolute atomic E-state index is 0.0359. The minimum Gasteiger partial charge on any atom is -0.326 e. The van der Waals surface area contributed by atoms with Crippen molar-refractivity contribution in [2.75, 3.05) is 10.2 Å². The van der Waals surface area contributed by atoms with Gasteiger partial charge in [-0.25, -0.2) is 4.90 Å². The third-order valence-corrected chi connectivity index (χ3v) is 10.8. The molecule has 3 aromatic carbocycles. The molecule has 218 valence electrons. The monoisotopic (exact) mass is 626 g/mol. The highest BCUT2D eigenvalue weighted by Crippen LogP contribution is 2.66. The molecule has 0 aromatic heterocycles. The molecule has 0 saturated carbocycles. The van der Waals surface area contributed by atoms with Crippen molar-refractivity contribution in [3.63, 3.8) is 0 Å². The van der Waals surface area contributed by atoms with E-state index in [4.69, 9.17) is 0 Å². The quantitative estimate of drug-likeness (QED) is 0.125. The summed E-state index contributed by atoms with van der Waals surface area (Å²) in [5.41, 5.74) is 5.45. The van der Waals surface area contributed by atoms with Gasteiger partial charge in [0.2, 0.25) is 17.7 Å². The summed E-state index contributed by atoms with van der Waals surface area (Å²) in [6, 6.07) is 23.5. The number of amides is 3. The van der Waals surface area contributed by atoms with Crippen LogP contribution in [0.15, 0.2) is 72.8 Å². The second kappa shape index (κ2) is 12.2. The number of nitrogens with one attached hydrogen (secondary N) is 1. The molecule has 3 aromatic rings. The van der Waals surface area contributed by atoms with Crippen molar-refractivity contribution >= 4 is 45.0 Å². The predicted molar refractivity (Wildman–Crippen MR) is 171 cm³/mol. The molecule has 1 aliphatic heterocycles. The summed E-state index contributed by atoms with van der Waals surface area (Å²) in [5.74, 6) is -1.64. The van der Waals surface area contributed by atoms with E-state index in [9.17, 15) is 14.4 Å². The van der Waals surface area contributed by atoms with Gasteiger partial charge in [-0.3, -0.25) is 14.4 Å². The van der Waals surface area contributed by atoms with E-state index in [-0.39, 0.29) is 23.6 Å². The van der Waals surface area contributed by atoms with Crippen LogP contribution in [0.4, 0.5) is 11.4 Å². The summed E-state index contributed by atoms with van der Waals surface area (Å²) in [5, 5.41) is 2.99. The molecule has 42 heavy (non-hydrogen) atoms. The number of unbranched alkanes of at least 4 members (excludes halogenated alkanes) is 8. The average molecular weight is 628 g/mol. The molecular weight excluding hydrogens is 588 g/mol. The summed E-state index contributed by atoms with van der Waals surface area (Å²) in [6.07, 6.45) is 11.3. The van der Waals surface area contributed by atoms with Crippen LogP contribution in [0.5, 0.6) is 0 Å².